The van der Waals surface area contributed by atoms with Crippen LogP contribution in [0, 0.1) is 0 Å². The predicted octanol–water partition coefficient (Wildman–Crippen LogP) is 3.06. The molecule has 88 valence electrons. The molecule has 0 aliphatic rings. The maximum absolute atomic E-state index is 11.6. The van der Waals surface area contributed by atoms with Gasteiger partial charge >= 0.3 is 5.97 Å². The van der Waals surface area contributed by atoms with Crippen LogP contribution >= 0.6 is 11.6 Å². The van der Waals surface area contributed by atoms with Gasteiger partial charge in [-0.15, -0.1) is 0 Å². The van der Waals surface area contributed by atoms with Crippen molar-refractivity contribution in [1.29, 1.82) is 0 Å². The van der Waals surface area contributed by atoms with E-state index in [2.05, 4.69) is 0 Å². The summed E-state index contributed by atoms with van der Waals surface area (Å²) >= 11 is 5.73. The Morgan fingerprint density at radius 2 is 2.19 bits per heavy atom. The van der Waals surface area contributed by atoms with Crippen molar-refractivity contribution >= 4 is 17.6 Å². The second kappa shape index (κ2) is 5.21. The van der Waals surface area contributed by atoms with Crippen LogP contribution < -0.4 is 4.74 Å². The van der Waals surface area contributed by atoms with Crippen molar-refractivity contribution in [3.63, 3.8) is 0 Å². The van der Waals surface area contributed by atoms with E-state index in [-0.39, 0.29) is 6.04 Å². The lowest BCUT2D eigenvalue weighted by molar-refractivity contribution is -0.158. The summed E-state index contributed by atoms with van der Waals surface area (Å²) < 4.78 is 18.0. The summed E-state index contributed by atoms with van der Waals surface area (Å²) in [4.78, 5) is 11.6. The van der Waals surface area contributed by atoms with E-state index in [1.54, 1.807) is 32.9 Å². The molecule has 0 spiro atoms. The van der Waals surface area contributed by atoms with Crippen LogP contribution in [-0.2, 0) is 9.53 Å². The molecule has 16 heavy (non-hydrogen) atoms. The van der Waals surface area contributed by atoms with Crippen LogP contribution in [0.15, 0.2) is 24.2 Å². The van der Waals surface area contributed by atoms with Crippen molar-refractivity contribution in [2.45, 2.75) is 26.4 Å². The molecular formula is C12H15ClO3. The largest absolute Gasteiger partial charge is 0.476 e. The SMILES string of the molecule is [3H]c1cc(Cl)ccc1OC(C)(C)C(=O)OCC. The summed E-state index contributed by atoms with van der Waals surface area (Å²) in [5.74, 6) is -0.165. The highest BCUT2D eigenvalue weighted by Gasteiger charge is 2.31. The molecule has 0 N–H and O–H groups in total. The Morgan fingerprint density at radius 3 is 2.75 bits per heavy atom. The molecule has 0 saturated heterocycles. The summed E-state index contributed by atoms with van der Waals surface area (Å²) in [7, 11) is 0. The third kappa shape index (κ3) is 3.42. The first kappa shape index (κ1) is 11.3. The van der Waals surface area contributed by atoms with Crippen molar-refractivity contribution in [3.05, 3.63) is 29.3 Å². The van der Waals surface area contributed by atoms with Crippen molar-refractivity contribution in [2.75, 3.05) is 6.61 Å². The Balaban J connectivity index is 2.86. The molecule has 1 aromatic carbocycles. The number of halogens is 1. The van der Waals surface area contributed by atoms with E-state index in [0.29, 0.717) is 17.4 Å². The molecule has 3 nitrogen and oxygen atoms in total. The molecule has 0 atom stereocenters. The summed E-state index contributed by atoms with van der Waals surface area (Å²) in [5.41, 5.74) is -1.13. The molecule has 0 aromatic heterocycles. The molecule has 0 saturated carbocycles. The smallest absolute Gasteiger partial charge is 0.349 e. The molecule has 0 radical (unpaired) electrons. The fourth-order valence-corrected chi connectivity index (χ4v) is 1.19. The molecule has 0 heterocycles. The van der Waals surface area contributed by atoms with E-state index in [9.17, 15) is 4.79 Å². The molecule has 0 bridgehead atoms. The second-order valence-electron chi connectivity index (χ2n) is 3.70. The van der Waals surface area contributed by atoms with Gasteiger partial charge in [-0.3, -0.25) is 0 Å². The standard InChI is InChI=1S/C12H15ClO3/c1-4-15-11(14)12(2,3)16-10-7-5-9(13)6-8-10/h5-8H,4H2,1-3H3/i7T. The van der Waals surface area contributed by atoms with Crippen LogP contribution in [-0.4, -0.2) is 18.2 Å². The van der Waals surface area contributed by atoms with Gasteiger partial charge < -0.3 is 9.47 Å². The number of hydrogen-bond acceptors (Lipinski definition) is 3. The number of carbonyl (C=O) groups is 1. The highest BCUT2D eigenvalue weighted by molar-refractivity contribution is 6.30. The van der Waals surface area contributed by atoms with Gasteiger partial charge in [-0.1, -0.05) is 11.6 Å². The van der Waals surface area contributed by atoms with Gasteiger partial charge in [0, 0.05) is 5.02 Å². The lowest BCUT2D eigenvalue weighted by Gasteiger charge is -2.23. The lowest BCUT2D eigenvalue weighted by atomic mass is 10.1. The Hall–Kier alpha value is -1.22. The maximum Gasteiger partial charge on any atom is 0.349 e. The number of ether oxygens (including phenoxy) is 2. The molecule has 0 aliphatic carbocycles. The molecule has 0 unspecified atom stereocenters. The fraction of sp³-hybridized carbons (Fsp3) is 0.417. The average molecular weight is 245 g/mol. The van der Waals surface area contributed by atoms with Crippen LogP contribution in [0.2, 0.25) is 5.02 Å². The zero-order valence-electron chi connectivity index (χ0n) is 10.5. The minimum Gasteiger partial charge on any atom is -0.476 e. The summed E-state index contributed by atoms with van der Waals surface area (Å²) in [6.07, 6.45) is 0. The van der Waals surface area contributed by atoms with Gasteiger partial charge in [-0.25, -0.2) is 4.79 Å². The normalized spacial score (nSPS) is 11.9. The van der Waals surface area contributed by atoms with Crippen LogP contribution in [0.4, 0.5) is 0 Å². The van der Waals surface area contributed by atoms with Gasteiger partial charge in [-0.2, -0.15) is 0 Å². The van der Waals surface area contributed by atoms with Crippen LogP contribution in [0.25, 0.3) is 0 Å². The zero-order valence-corrected chi connectivity index (χ0v) is 10.3. The third-order valence-corrected chi connectivity index (χ3v) is 2.11. The van der Waals surface area contributed by atoms with Gasteiger partial charge in [0.15, 0.2) is 5.60 Å². The summed E-state index contributed by atoms with van der Waals surface area (Å²) in [5, 5.41) is 0.455. The van der Waals surface area contributed by atoms with E-state index in [1.807, 2.05) is 0 Å². The molecule has 0 amide bonds. The van der Waals surface area contributed by atoms with Gasteiger partial charge in [0.05, 0.1) is 7.98 Å². The third-order valence-electron chi connectivity index (χ3n) is 1.88. The fourth-order valence-electron chi connectivity index (χ4n) is 1.08. The quantitative estimate of drug-likeness (QED) is 0.764. The Bertz CT molecular complexity index is 418. The van der Waals surface area contributed by atoms with E-state index in [4.69, 9.17) is 22.4 Å². The number of carbonyl (C=O) groups excluding carboxylic acids is 1. The number of hydrogen-bond donors (Lipinski definition) is 0. The average Bonchev–Trinajstić information content (AvgIpc) is 2.22. The maximum atomic E-state index is 11.6. The summed E-state index contributed by atoms with van der Waals surface area (Å²) in [6, 6.07) is 4.76. The van der Waals surface area contributed by atoms with E-state index < -0.39 is 11.6 Å². The molecule has 4 heteroatoms. The van der Waals surface area contributed by atoms with E-state index in [1.165, 1.54) is 6.07 Å². The zero-order chi connectivity index (χ0) is 13.1. The number of benzene rings is 1. The second-order valence-corrected chi connectivity index (χ2v) is 4.14. The van der Waals surface area contributed by atoms with E-state index in [0.717, 1.165) is 0 Å². The molecule has 1 rings (SSSR count). The van der Waals surface area contributed by atoms with Crippen LogP contribution in [0.5, 0.6) is 5.75 Å². The van der Waals surface area contributed by atoms with Gasteiger partial charge in [0.1, 0.15) is 5.75 Å². The van der Waals surface area contributed by atoms with E-state index >= 15 is 0 Å². The lowest BCUT2D eigenvalue weighted by Crippen LogP contribution is -2.39. The molecule has 1 aromatic rings. The highest BCUT2D eigenvalue weighted by Crippen LogP contribution is 2.21. The topological polar surface area (TPSA) is 35.5 Å². The van der Waals surface area contributed by atoms with Crippen molar-refractivity contribution < 1.29 is 15.6 Å². The first-order valence-electron chi connectivity index (χ1n) is 5.49. The monoisotopic (exact) mass is 244 g/mol. The van der Waals surface area contributed by atoms with Crippen LogP contribution in [0.3, 0.4) is 0 Å². The van der Waals surface area contributed by atoms with Crippen LogP contribution in [0.1, 0.15) is 22.1 Å². The minimum atomic E-state index is -1.13. The van der Waals surface area contributed by atoms with Gasteiger partial charge in [0.25, 0.3) is 0 Å². The number of esters is 1. The minimum absolute atomic E-state index is 0.134. The van der Waals surface area contributed by atoms with Crippen molar-refractivity contribution in [1.82, 2.24) is 0 Å². The highest BCUT2D eigenvalue weighted by atomic mass is 35.5. The molecule has 0 aliphatic heterocycles. The first-order chi connectivity index (χ1) is 7.86. The Morgan fingerprint density at radius 1 is 1.50 bits per heavy atom. The van der Waals surface area contributed by atoms with Crippen molar-refractivity contribution in [2.24, 2.45) is 0 Å². The van der Waals surface area contributed by atoms with Gasteiger partial charge in [-0.05, 0) is 45.0 Å². The van der Waals surface area contributed by atoms with Gasteiger partial charge in [0.2, 0.25) is 0 Å². The number of rotatable bonds is 4. The Kier molecular flexibility index (Phi) is 3.67. The Labute approximate surface area is 102 Å². The molecule has 0 fully saturated rings. The van der Waals surface area contributed by atoms with Crippen molar-refractivity contribution in [3.8, 4) is 5.75 Å². The summed E-state index contributed by atoms with van der Waals surface area (Å²) in [6.45, 7) is 5.21. The predicted molar refractivity (Wildman–Crippen MR) is 62.8 cm³/mol. The first-order valence-corrected chi connectivity index (χ1v) is 5.37. The molecular weight excluding hydrogens is 228 g/mol.